The number of aromatic nitrogens is 2. The normalized spacial score (nSPS) is 12.8. The topological polar surface area (TPSA) is 29.9 Å². The maximum absolute atomic E-state index is 4.67. The van der Waals surface area contributed by atoms with Crippen LogP contribution in [0.1, 0.15) is 50.5 Å². The molecule has 1 heterocycles. The van der Waals surface area contributed by atoms with Crippen LogP contribution in [0, 0.1) is 0 Å². The lowest BCUT2D eigenvalue weighted by Gasteiger charge is -2.18. The van der Waals surface area contributed by atoms with Crippen LogP contribution in [0.25, 0.3) is 0 Å². The minimum absolute atomic E-state index is 0.313. The molecule has 0 aliphatic carbocycles. The van der Waals surface area contributed by atoms with Crippen molar-refractivity contribution in [2.75, 3.05) is 6.54 Å². The van der Waals surface area contributed by atoms with Gasteiger partial charge in [0, 0.05) is 29.2 Å². The molecule has 0 saturated carbocycles. The second-order valence-corrected chi connectivity index (χ2v) is 6.56. The van der Waals surface area contributed by atoms with Crippen LogP contribution in [0.15, 0.2) is 41.0 Å². The summed E-state index contributed by atoms with van der Waals surface area (Å²) in [5.41, 5.74) is 2.45. The molecule has 2 aromatic rings. The monoisotopic (exact) mass is 349 g/mol. The summed E-state index contributed by atoms with van der Waals surface area (Å²) in [6, 6.07) is 11.4. The van der Waals surface area contributed by atoms with Crippen molar-refractivity contribution in [3.8, 4) is 0 Å². The highest BCUT2D eigenvalue weighted by Gasteiger charge is 2.13. The third kappa shape index (κ3) is 4.68. The predicted octanol–water partition coefficient (Wildman–Crippen LogP) is 4.51. The largest absolute Gasteiger partial charge is 0.310 e. The zero-order chi connectivity index (χ0) is 15.2. The third-order valence-corrected chi connectivity index (χ3v) is 4.05. The lowest BCUT2D eigenvalue weighted by atomic mass is 10.0. The molecule has 1 N–H and O–H groups in total. The van der Waals surface area contributed by atoms with E-state index < -0.39 is 0 Å². The fraction of sp³-hybridized carbons (Fsp3) is 0.471. The fourth-order valence-electron chi connectivity index (χ4n) is 2.30. The maximum Gasteiger partial charge on any atom is 0.0643 e. The van der Waals surface area contributed by atoms with E-state index in [4.69, 9.17) is 0 Å². The van der Waals surface area contributed by atoms with Crippen molar-refractivity contribution in [1.82, 2.24) is 15.1 Å². The first-order valence-corrected chi connectivity index (χ1v) is 8.42. The van der Waals surface area contributed by atoms with E-state index in [0.717, 1.165) is 29.6 Å². The van der Waals surface area contributed by atoms with Gasteiger partial charge in [0.2, 0.25) is 0 Å². The Balaban J connectivity index is 2.13. The summed E-state index contributed by atoms with van der Waals surface area (Å²) in [5.74, 6) is 0. The van der Waals surface area contributed by atoms with Crippen LogP contribution in [0.2, 0.25) is 0 Å². The number of rotatable bonds is 7. The van der Waals surface area contributed by atoms with Crippen molar-refractivity contribution in [3.63, 3.8) is 0 Å². The molecule has 1 aromatic heterocycles. The molecule has 2 rings (SSSR count). The Morgan fingerprint density at radius 2 is 1.90 bits per heavy atom. The molecule has 0 radical (unpaired) electrons. The van der Waals surface area contributed by atoms with E-state index >= 15 is 0 Å². The molecule has 0 fully saturated rings. The van der Waals surface area contributed by atoms with Crippen molar-refractivity contribution in [3.05, 3.63) is 52.3 Å². The molecular weight excluding hydrogens is 326 g/mol. The first-order chi connectivity index (χ1) is 10.1. The molecule has 1 atom stereocenters. The minimum atomic E-state index is 0.313. The molecule has 0 bridgehead atoms. The molecule has 0 aliphatic rings. The molecule has 1 unspecified atom stereocenters. The smallest absolute Gasteiger partial charge is 0.0643 e. The number of hydrogen-bond donors (Lipinski definition) is 1. The Morgan fingerprint density at radius 1 is 1.19 bits per heavy atom. The molecule has 1 aromatic carbocycles. The summed E-state index contributed by atoms with van der Waals surface area (Å²) in [4.78, 5) is 0. The Bertz CT molecular complexity index is 545. The second kappa shape index (κ2) is 7.76. The van der Waals surface area contributed by atoms with Gasteiger partial charge < -0.3 is 5.32 Å². The lowest BCUT2D eigenvalue weighted by Crippen LogP contribution is -2.24. The SMILES string of the molecule is CCCNC(Cc1ccn(C(C)C)n1)c1ccc(Br)cc1. The quantitative estimate of drug-likeness (QED) is 0.796. The van der Waals surface area contributed by atoms with Gasteiger partial charge in [0.25, 0.3) is 0 Å². The number of hydrogen-bond acceptors (Lipinski definition) is 2. The summed E-state index contributed by atoms with van der Waals surface area (Å²) >= 11 is 3.50. The first kappa shape index (κ1) is 16.2. The van der Waals surface area contributed by atoms with E-state index in [2.05, 4.69) is 83.6 Å². The number of nitrogens with zero attached hydrogens (tertiary/aromatic N) is 2. The van der Waals surface area contributed by atoms with E-state index in [1.54, 1.807) is 0 Å². The van der Waals surface area contributed by atoms with E-state index in [1.165, 1.54) is 5.56 Å². The lowest BCUT2D eigenvalue weighted by molar-refractivity contribution is 0.499. The van der Waals surface area contributed by atoms with Gasteiger partial charge in [-0.2, -0.15) is 5.10 Å². The molecule has 4 heteroatoms. The highest BCUT2D eigenvalue weighted by Crippen LogP contribution is 2.20. The Kier molecular flexibility index (Phi) is 6.00. The van der Waals surface area contributed by atoms with Gasteiger partial charge in [0.05, 0.1) is 5.69 Å². The number of benzene rings is 1. The van der Waals surface area contributed by atoms with Gasteiger partial charge in [-0.05, 0) is 50.6 Å². The van der Waals surface area contributed by atoms with E-state index in [9.17, 15) is 0 Å². The van der Waals surface area contributed by atoms with Crippen molar-refractivity contribution >= 4 is 15.9 Å². The van der Waals surface area contributed by atoms with Crippen LogP contribution in [-0.2, 0) is 6.42 Å². The van der Waals surface area contributed by atoms with Gasteiger partial charge in [0.15, 0.2) is 0 Å². The van der Waals surface area contributed by atoms with Crippen LogP contribution in [-0.4, -0.2) is 16.3 Å². The van der Waals surface area contributed by atoms with Gasteiger partial charge in [-0.3, -0.25) is 4.68 Å². The number of halogens is 1. The Labute approximate surface area is 135 Å². The van der Waals surface area contributed by atoms with E-state index in [-0.39, 0.29) is 0 Å². The van der Waals surface area contributed by atoms with Crippen molar-refractivity contribution in [2.45, 2.75) is 45.7 Å². The fourth-order valence-corrected chi connectivity index (χ4v) is 2.57. The van der Waals surface area contributed by atoms with Crippen LogP contribution >= 0.6 is 15.9 Å². The van der Waals surface area contributed by atoms with Crippen molar-refractivity contribution in [2.24, 2.45) is 0 Å². The zero-order valence-corrected chi connectivity index (χ0v) is 14.6. The van der Waals surface area contributed by atoms with Gasteiger partial charge in [0.1, 0.15) is 0 Å². The summed E-state index contributed by atoms with van der Waals surface area (Å²) < 4.78 is 3.14. The van der Waals surface area contributed by atoms with Crippen LogP contribution in [0.3, 0.4) is 0 Å². The van der Waals surface area contributed by atoms with Gasteiger partial charge in [-0.25, -0.2) is 0 Å². The van der Waals surface area contributed by atoms with Crippen LogP contribution in [0.5, 0.6) is 0 Å². The molecule has 114 valence electrons. The van der Waals surface area contributed by atoms with Gasteiger partial charge in [-0.1, -0.05) is 35.0 Å². The van der Waals surface area contributed by atoms with Crippen molar-refractivity contribution < 1.29 is 0 Å². The Hall–Kier alpha value is -1.13. The summed E-state index contributed by atoms with van der Waals surface area (Å²) in [6.45, 7) is 7.52. The minimum Gasteiger partial charge on any atom is -0.310 e. The average Bonchev–Trinajstić information content (AvgIpc) is 2.93. The van der Waals surface area contributed by atoms with E-state index in [1.807, 2.05) is 4.68 Å². The molecular formula is C17H24BrN3. The van der Waals surface area contributed by atoms with Gasteiger partial charge in [-0.15, -0.1) is 0 Å². The average molecular weight is 350 g/mol. The predicted molar refractivity (Wildman–Crippen MR) is 91.5 cm³/mol. The van der Waals surface area contributed by atoms with Crippen LogP contribution in [0.4, 0.5) is 0 Å². The summed E-state index contributed by atoms with van der Waals surface area (Å²) in [5, 5.41) is 8.30. The molecule has 0 saturated heterocycles. The van der Waals surface area contributed by atoms with Crippen molar-refractivity contribution in [1.29, 1.82) is 0 Å². The molecule has 0 aliphatic heterocycles. The van der Waals surface area contributed by atoms with E-state index in [0.29, 0.717) is 12.1 Å². The van der Waals surface area contributed by atoms with Gasteiger partial charge >= 0.3 is 0 Å². The molecule has 0 amide bonds. The maximum atomic E-state index is 4.67. The zero-order valence-electron chi connectivity index (χ0n) is 13.0. The highest BCUT2D eigenvalue weighted by molar-refractivity contribution is 9.10. The standard InChI is InChI=1S/C17H24BrN3/c1-4-10-19-17(14-5-7-15(18)8-6-14)12-16-9-11-21(20-16)13(2)3/h5-9,11,13,17,19H,4,10,12H2,1-3H3. The summed E-state index contributed by atoms with van der Waals surface area (Å²) in [7, 11) is 0. The molecule has 0 spiro atoms. The third-order valence-electron chi connectivity index (χ3n) is 3.52. The van der Waals surface area contributed by atoms with Crippen LogP contribution < -0.4 is 5.32 Å². The number of nitrogens with one attached hydrogen (secondary N) is 1. The highest BCUT2D eigenvalue weighted by atomic mass is 79.9. The molecule has 3 nitrogen and oxygen atoms in total. The Morgan fingerprint density at radius 3 is 2.48 bits per heavy atom. The second-order valence-electron chi connectivity index (χ2n) is 5.64. The summed E-state index contributed by atoms with van der Waals surface area (Å²) in [6.07, 6.45) is 4.12. The first-order valence-electron chi connectivity index (χ1n) is 7.63. The molecule has 21 heavy (non-hydrogen) atoms.